The van der Waals surface area contributed by atoms with E-state index in [1.807, 2.05) is 6.92 Å². The Bertz CT molecular complexity index is 1390. The standard InChI is InChI=1S/C27H28N6O/c1-17-30-24-6-2-19(13-25(24)31-17)18-3-7-26-20(12-18)14-33(10-11-34-26)27-22-15-32(21-4-5-21)9-8-23(22)28-16-29-27/h2-3,6-7,12-13,16,21H,4-5,8-11,14-15H2,1H3,(H,30,31). The van der Waals surface area contributed by atoms with E-state index in [2.05, 4.69) is 61.1 Å². The summed E-state index contributed by atoms with van der Waals surface area (Å²) in [5.41, 5.74) is 8.13. The molecule has 0 bridgehead atoms. The smallest absolute Gasteiger partial charge is 0.137 e. The van der Waals surface area contributed by atoms with Crippen LogP contribution in [0.25, 0.3) is 22.2 Å². The number of fused-ring (bicyclic) bond motifs is 3. The number of aromatic amines is 1. The van der Waals surface area contributed by atoms with Crippen LogP contribution in [0.4, 0.5) is 5.82 Å². The Balaban J connectivity index is 1.22. The van der Waals surface area contributed by atoms with Crippen molar-refractivity contribution >= 4 is 16.9 Å². The number of H-pyrrole nitrogens is 1. The monoisotopic (exact) mass is 452 g/mol. The summed E-state index contributed by atoms with van der Waals surface area (Å²) >= 11 is 0. The Labute approximate surface area is 198 Å². The van der Waals surface area contributed by atoms with Gasteiger partial charge in [-0.15, -0.1) is 0 Å². The van der Waals surface area contributed by atoms with Crippen LogP contribution in [0.1, 0.15) is 35.5 Å². The minimum atomic E-state index is 0.650. The van der Waals surface area contributed by atoms with E-state index in [-0.39, 0.29) is 0 Å². The van der Waals surface area contributed by atoms with Gasteiger partial charge in [0, 0.05) is 43.2 Å². The fourth-order valence-electron chi connectivity index (χ4n) is 5.44. The van der Waals surface area contributed by atoms with Crippen LogP contribution in [-0.2, 0) is 19.5 Å². The van der Waals surface area contributed by atoms with Crippen molar-refractivity contribution in [3.05, 3.63) is 65.4 Å². The Hall–Kier alpha value is -3.45. The van der Waals surface area contributed by atoms with Crippen LogP contribution >= 0.6 is 0 Å². The summed E-state index contributed by atoms with van der Waals surface area (Å²) in [7, 11) is 0. The topological polar surface area (TPSA) is 70.2 Å². The van der Waals surface area contributed by atoms with Crippen LogP contribution in [0.2, 0.25) is 0 Å². The van der Waals surface area contributed by atoms with Crippen LogP contribution in [0.3, 0.4) is 0 Å². The van der Waals surface area contributed by atoms with E-state index < -0.39 is 0 Å². The molecular formula is C27H28N6O. The van der Waals surface area contributed by atoms with Crippen molar-refractivity contribution in [2.75, 3.05) is 24.6 Å². The second-order valence-electron chi connectivity index (χ2n) is 9.72. The van der Waals surface area contributed by atoms with Crippen molar-refractivity contribution in [2.24, 2.45) is 0 Å². The maximum Gasteiger partial charge on any atom is 0.137 e. The van der Waals surface area contributed by atoms with Crippen molar-refractivity contribution in [1.29, 1.82) is 0 Å². The lowest BCUT2D eigenvalue weighted by Crippen LogP contribution is -2.36. The average Bonchev–Trinajstić information content (AvgIpc) is 3.66. The summed E-state index contributed by atoms with van der Waals surface area (Å²) in [5.74, 6) is 2.98. The highest BCUT2D eigenvalue weighted by Gasteiger charge is 2.33. The number of aryl methyl sites for hydroxylation is 1. The Morgan fingerprint density at radius 1 is 1.00 bits per heavy atom. The molecule has 0 unspecified atom stereocenters. The quantitative estimate of drug-likeness (QED) is 0.501. The van der Waals surface area contributed by atoms with Crippen LogP contribution in [0.15, 0.2) is 42.7 Å². The largest absolute Gasteiger partial charge is 0.491 e. The van der Waals surface area contributed by atoms with E-state index in [0.717, 1.165) is 67.1 Å². The summed E-state index contributed by atoms with van der Waals surface area (Å²) < 4.78 is 6.17. The number of ether oxygens (including phenoxy) is 1. The van der Waals surface area contributed by atoms with Crippen LogP contribution in [0, 0.1) is 6.92 Å². The molecule has 0 amide bonds. The summed E-state index contributed by atoms with van der Waals surface area (Å²) in [6, 6.07) is 13.7. The van der Waals surface area contributed by atoms with Crippen LogP contribution in [-0.4, -0.2) is 50.6 Å². The van der Waals surface area contributed by atoms with Crippen molar-refractivity contribution in [3.8, 4) is 16.9 Å². The Morgan fingerprint density at radius 2 is 1.88 bits per heavy atom. The third-order valence-electron chi connectivity index (χ3n) is 7.35. The zero-order valence-corrected chi connectivity index (χ0v) is 19.4. The molecule has 2 aromatic heterocycles. The SMILES string of the molecule is Cc1nc2ccc(-c3ccc4c(c3)CN(c3ncnc5c3CN(C3CC3)CC5)CCO4)cc2[nH]1. The molecule has 4 heterocycles. The normalized spacial score (nSPS) is 18.3. The zero-order chi connectivity index (χ0) is 22.6. The van der Waals surface area contributed by atoms with Crippen molar-refractivity contribution in [3.63, 3.8) is 0 Å². The summed E-state index contributed by atoms with van der Waals surface area (Å²) in [4.78, 5) is 22.3. The first-order valence-corrected chi connectivity index (χ1v) is 12.3. The van der Waals surface area contributed by atoms with E-state index in [9.17, 15) is 0 Å². The molecule has 7 nitrogen and oxygen atoms in total. The van der Waals surface area contributed by atoms with Crippen molar-refractivity contribution in [2.45, 2.75) is 45.3 Å². The predicted octanol–water partition coefficient (Wildman–Crippen LogP) is 4.25. The predicted molar refractivity (Wildman–Crippen MR) is 132 cm³/mol. The number of hydrogen-bond donors (Lipinski definition) is 1. The lowest BCUT2D eigenvalue weighted by atomic mass is 10.0. The molecule has 1 fully saturated rings. The zero-order valence-electron chi connectivity index (χ0n) is 19.4. The van der Waals surface area contributed by atoms with Gasteiger partial charge < -0.3 is 14.6 Å². The van der Waals surface area contributed by atoms with Crippen LogP contribution in [0.5, 0.6) is 5.75 Å². The van der Waals surface area contributed by atoms with Gasteiger partial charge in [0.05, 0.1) is 23.3 Å². The molecule has 1 N–H and O–H groups in total. The third-order valence-corrected chi connectivity index (χ3v) is 7.35. The average molecular weight is 453 g/mol. The summed E-state index contributed by atoms with van der Waals surface area (Å²) in [6.45, 7) is 6.31. The minimum absolute atomic E-state index is 0.650. The molecule has 2 aromatic carbocycles. The highest BCUT2D eigenvalue weighted by atomic mass is 16.5. The molecule has 0 saturated heterocycles. The molecular weight excluding hydrogens is 424 g/mol. The molecule has 4 aromatic rings. The first kappa shape index (κ1) is 20.0. The van der Waals surface area contributed by atoms with Gasteiger partial charge in [-0.3, -0.25) is 4.90 Å². The Morgan fingerprint density at radius 3 is 2.79 bits per heavy atom. The highest BCUT2D eigenvalue weighted by molar-refractivity contribution is 5.82. The van der Waals surface area contributed by atoms with Gasteiger partial charge in [-0.1, -0.05) is 12.1 Å². The molecule has 34 heavy (non-hydrogen) atoms. The second-order valence-corrected chi connectivity index (χ2v) is 9.72. The molecule has 172 valence electrons. The third kappa shape index (κ3) is 3.51. The summed E-state index contributed by atoms with van der Waals surface area (Å²) in [5, 5.41) is 0. The first-order valence-electron chi connectivity index (χ1n) is 12.3. The summed E-state index contributed by atoms with van der Waals surface area (Å²) in [6.07, 6.45) is 5.42. The van der Waals surface area contributed by atoms with Gasteiger partial charge in [-0.05, 0) is 55.2 Å². The maximum absolute atomic E-state index is 6.17. The van der Waals surface area contributed by atoms with Crippen LogP contribution < -0.4 is 9.64 Å². The molecule has 0 atom stereocenters. The van der Waals surface area contributed by atoms with Gasteiger partial charge in [0.2, 0.25) is 0 Å². The van der Waals surface area contributed by atoms with Gasteiger partial charge in [-0.2, -0.15) is 0 Å². The van der Waals surface area contributed by atoms with E-state index in [1.165, 1.54) is 40.8 Å². The lowest BCUT2D eigenvalue weighted by Gasteiger charge is -2.32. The minimum Gasteiger partial charge on any atom is -0.491 e. The molecule has 7 heteroatoms. The van der Waals surface area contributed by atoms with Gasteiger partial charge in [0.1, 0.15) is 30.3 Å². The Kier molecular flexibility index (Phi) is 4.58. The number of aromatic nitrogens is 4. The van der Waals surface area contributed by atoms with E-state index in [1.54, 1.807) is 6.33 Å². The molecule has 0 spiro atoms. The first-order chi connectivity index (χ1) is 16.7. The lowest BCUT2D eigenvalue weighted by molar-refractivity contribution is 0.241. The fourth-order valence-corrected chi connectivity index (χ4v) is 5.44. The van der Waals surface area contributed by atoms with E-state index in [4.69, 9.17) is 9.72 Å². The van der Waals surface area contributed by atoms with E-state index in [0.29, 0.717) is 6.61 Å². The molecule has 2 aliphatic heterocycles. The number of nitrogens with one attached hydrogen (secondary N) is 1. The molecule has 3 aliphatic rings. The number of imidazole rings is 1. The van der Waals surface area contributed by atoms with Gasteiger partial charge in [-0.25, -0.2) is 15.0 Å². The number of anilines is 1. The fraction of sp³-hybridized carbons (Fsp3) is 0.370. The number of hydrogen-bond acceptors (Lipinski definition) is 6. The molecule has 1 saturated carbocycles. The number of nitrogens with zero attached hydrogens (tertiary/aromatic N) is 5. The molecule has 0 radical (unpaired) electrons. The van der Waals surface area contributed by atoms with Gasteiger partial charge in [0.15, 0.2) is 0 Å². The van der Waals surface area contributed by atoms with Crippen molar-refractivity contribution in [1.82, 2.24) is 24.8 Å². The second kappa shape index (κ2) is 7.81. The van der Waals surface area contributed by atoms with Crippen molar-refractivity contribution < 1.29 is 4.74 Å². The molecule has 1 aliphatic carbocycles. The molecule has 7 rings (SSSR count). The van der Waals surface area contributed by atoms with E-state index >= 15 is 0 Å². The number of rotatable bonds is 3. The van der Waals surface area contributed by atoms with Gasteiger partial charge in [0.25, 0.3) is 0 Å². The number of benzene rings is 2. The highest BCUT2D eigenvalue weighted by Crippen LogP contribution is 2.36. The maximum atomic E-state index is 6.17. The van der Waals surface area contributed by atoms with Gasteiger partial charge >= 0.3 is 0 Å².